The van der Waals surface area contributed by atoms with Crippen LogP contribution in [0.2, 0.25) is 0 Å². The van der Waals surface area contributed by atoms with Gasteiger partial charge in [-0.05, 0) is 63.2 Å². The number of hydrogen-bond acceptors (Lipinski definition) is 4. The van der Waals surface area contributed by atoms with Gasteiger partial charge in [-0.15, -0.1) is 0 Å². The highest BCUT2D eigenvalue weighted by Gasteiger charge is 2.49. The maximum Gasteiger partial charge on any atom is 0.176 e. The predicted molar refractivity (Wildman–Crippen MR) is 110 cm³/mol. The van der Waals surface area contributed by atoms with E-state index in [0.29, 0.717) is 42.6 Å². The minimum absolute atomic E-state index is 0.0548. The van der Waals surface area contributed by atoms with Crippen molar-refractivity contribution in [3.63, 3.8) is 0 Å². The highest BCUT2D eigenvalue weighted by molar-refractivity contribution is 6.10. The number of allylic oxidation sites excluding steroid dienone is 3. The largest absolute Gasteiger partial charge is 0.510 e. The summed E-state index contributed by atoms with van der Waals surface area (Å²) in [6.07, 6.45) is 3.72. The van der Waals surface area contributed by atoms with E-state index < -0.39 is 11.2 Å². The average molecular weight is 379 g/mol. The molecule has 0 heterocycles. The highest BCUT2D eigenvalue weighted by Crippen LogP contribution is 2.48. The van der Waals surface area contributed by atoms with Crippen LogP contribution >= 0.6 is 0 Å². The summed E-state index contributed by atoms with van der Waals surface area (Å²) in [6, 6.07) is 0. The number of carbonyl (C=O) groups excluding carboxylic acids is 2. The smallest absolute Gasteiger partial charge is 0.176 e. The van der Waals surface area contributed by atoms with Gasteiger partial charge in [0.1, 0.15) is 11.5 Å². The van der Waals surface area contributed by atoms with Crippen molar-refractivity contribution in [1.29, 1.82) is 0 Å². The van der Waals surface area contributed by atoms with E-state index in [1.54, 1.807) is 0 Å². The second-order valence-electron chi connectivity index (χ2n) is 9.32. The van der Waals surface area contributed by atoms with Crippen molar-refractivity contribution in [3.8, 4) is 0 Å². The first-order chi connectivity index (χ1) is 12.4. The lowest BCUT2D eigenvalue weighted by Gasteiger charge is -2.38. The first kappa shape index (κ1) is 23.5. The molecule has 1 aliphatic rings. The third-order valence-electron chi connectivity index (χ3n) is 5.54. The normalized spacial score (nSPS) is 17.6. The zero-order valence-electron chi connectivity index (χ0n) is 18.2. The molecule has 0 unspecified atom stereocenters. The topological polar surface area (TPSA) is 74.6 Å². The van der Waals surface area contributed by atoms with Crippen molar-refractivity contribution in [2.45, 2.75) is 87.0 Å². The lowest BCUT2D eigenvalue weighted by molar-refractivity contribution is -0.126. The van der Waals surface area contributed by atoms with E-state index in [0.717, 1.165) is 19.3 Å². The van der Waals surface area contributed by atoms with Gasteiger partial charge in [-0.1, -0.05) is 41.5 Å². The molecule has 0 bridgehead atoms. The Morgan fingerprint density at radius 3 is 1.70 bits per heavy atom. The molecule has 0 spiro atoms. The Morgan fingerprint density at radius 2 is 1.33 bits per heavy atom. The van der Waals surface area contributed by atoms with Gasteiger partial charge < -0.3 is 10.2 Å². The fourth-order valence-corrected chi connectivity index (χ4v) is 3.66. The predicted octanol–water partition coefficient (Wildman–Crippen LogP) is 6.08. The molecule has 0 aromatic rings. The molecule has 154 valence electrons. The molecule has 1 aliphatic carbocycles. The van der Waals surface area contributed by atoms with Crippen LogP contribution in [0.25, 0.3) is 0 Å². The molecule has 0 atom stereocenters. The first-order valence-corrected chi connectivity index (χ1v) is 10.4. The number of ketones is 2. The minimum atomic E-state index is -1.09. The Kier molecular flexibility index (Phi) is 8.31. The molecule has 0 saturated heterocycles. The molecule has 0 aromatic heterocycles. The number of aliphatic hydroxyl groups is 2. The van der Waals surface area contributed by atoms with Gasteiger partial charge in [0.05, 0.1) is 11.0 Å². The minimum Gasteiger partial charge on any atom is -0.510 e. The zero-order chi connectivity index (χ0) is 20.9. The third kappa shape index (κ3) is 5.46. The Labute approximate surface area is 164 Å². The van der Waals surface area contributed by atoms with Crippen LogP contribution in [0.5, 0.6) is 0 Å². The van der Waals surface area contributed by atoms with E-state index in [9.17, 15) is 19.8 Å². The Bertz CT molecular complexity index is 608. The van der Waals surface area contributed by atoms with Crippen LogP contribution in [0.3, 0.4) is 0 Å². The van der Waals surface area contributed by atoms with Crippen molar-refractivity contribution in [3.05, 3.63) is 22.7 Å². The van der Waals surface area contributed by atoms with Crippen LogP contribution in [-0.4, -0.2) is 21.8 Å². The van der Waals surface area contributed by atoms with Crippen LogP contribution in [0.1, 0.15) is 87.0 Å². The monoisotopic (exact) mass is 378 g/mol. The third-order valence-corrected chi connectivity index (χ3v) is 5.54. The summed E-state index contributed by atoms with van der Waals surface area (Å²) in [5, 5.41) is 21.7. The van der Waals surface area contributed by atoms with E-state index >= 15 is 0 Å². The van der Waals surface area contributed by atoms with Crippen molar-refractivity contribution >= 4 is 11.6 Å². The molecule has 27 heavy (non-hydrogen) atoms. The molecule has 1 rings (SSSR count). The fourth-order valence-electron chi connectivity index (χ4n) is 3.66. The van der Waals surface area contributed by atoms with Gasteiger partial charge in [0.2, 0.25) is 0 Å². The Balaban J connectivity index is 3.53. The molecule has 2 N–H and O–H groups in total. The molecule has 0 fully saturated rings. The molecule has 0 aliphatic heterocycles. The van der Waals surface area contributed by atoms with Crippen LogP contribution in [0, 0.1) is 23.2 Å². The van der Waals surface area contributed by atoms with E-state index in [-0.39, 0.29) is 22.9 Å². The number of carbonyl (C=O) groups is 2. The van der Waals surface area contributed by atoms with Crippen LogP contribution < -0.4 is 0 Å². The van der Waals surface area contributed by atoms with Gasteiger partial charge in [0.25, 0.3) is 0 Å². The summed E-state index contributed by atoms with van der Waals surface area (Å²) in [5.41, 5.74) is -0.825. The summed E-state index contributed by atoms with van der Waals surface area (Å²) in [5.74, 6) is 0.0193. The van der Waals surface area contributed by atoms with E-state index in [2.05, 4.69) is 41.5 Å². The molecule has 4 heteroatoms. The molecular formula is C23H38O4. The SMILES string of the molecule is CC(=O)C1=C(O)C(CCC(C)C)(CCC(C)C)C(=O)C(CCC(C)C)=C1O. The van der Waals surface area contributed by atoms with Gasteiger partial charge in [-0.2, -0.15) is 0 Å². The molecule has 0 amide bonds. The van der Waals surface area contributed by atoms with Gasteiger partial charge in [-0.3, -0.25) is 9.59 Å². The van der Waals surface area contributed by atoms with Crippen molar-refractivity contribution in [1.82, 2.24) is 0 Å². The Hall–Kier alpha value is -1.58. The van der Waals surface area contributed by atoms with Gasteiger partial charge in [-0.25, -0.2) is 0 Å². The second kappa shape index (κ2) is 9.57. The second-order valence-corrected chi connectivity index (χ2v) is 9.32. The maximum absolute atomic E-state index is 13.6. The van der Waals surface area contributed by atoms with E-state index in [1.165, 1.54) is 6.92 Å². The molecule has 0 aromatic carbocycles. The van der Waals surface area contributed by atoms with Crippen molar-refractivity contribution in [2.75, 3.05) is 0 Å². The van der Waals surface area contributed by atoms with E-state index in [1.807, 2.05) is 0 Å². The van der Waals surface area contributed by atoms with Crippen LogP contribution in [0.15, 0.2) is 22.7 Å². The summed E-state index contributed by atoms with van der Waals surface area (Å²) in [4.78, 5) is 25.8. The average Bonchev–Trinajstić information content (AvgIpc) is 2.53. The van der Waals surface area contributed by atoms with E-state index in [4.69, 9.17) is 0 Å². The quantitative estimate of drug-likeness (QED) is 0.483. The number of rotatable bonds is 10. The summed E-state index contributed by atoms with van der Waals surface area (Å²) in [6.45, 7) is 13.8. The number of Topliss-reactive ketones (excluding diaryl/α,β-unsaturated/α-hetero) is 2. The first-order valence-electron chi connectivity index (χ1n) is 10.4. The maximum atomic E-state index is 13.6. The highest BCUT2D eigenvalue weighted by atomic mass is 16.3. The van der Waals surface area contributed by atoms with Crippen LogP contribution in [-0.2, 0) is 9.59 Å². The molecule has 0 radical (unpaired) electrons. The molecular weight excluding hydrogens is 340 g/mol. The summed E-state index contributed by atoms with van der Waals surface area (Å²) < 4.78 is 0. The standard InChI is InChI=1S/C23H38O4/c1-14(2)8-9-18-20(25)19(17(7)24)22(27)23(21(18)26,12-10-15(3)4)13-11-16(5)6/h14-16,25,27H,8-13H2,1-7H3. The van der Waals surface area contributed by atoms with Gasteiger partial charge in [0, 0.05) is 5.57 Å². The Morgan fingerprint density at radius 1 is 0.889 bits per heavy atom. The lowest BCUT2D eigenvalue weighted by atomic mass is 9.65. The molecule has 4 nitrogen and oxygen atoms in total. The van der Waals surface area contributed by atoms with Gasteiger partial charge in [0.15, 0.2) is 11.6 Å². The van der Waals surface area contributed by atoms with Crippen molar-refractivity contribution < 1.29 is 19.8 Å². The van der Waals surface area contributed by atoms with Crippen LogP contribution in [0.4, 0.5) is 0 Å². The summed E-state index contributed by atoms with van der Waals surface area (Å²) in [7, 11) is 0. The number of aliphatic hydroxyl groups excluding tert-OH is 2. The summed E-state index contributed by atoms with van der Waals surface area (Å²) >= 11 is 0. The number of hydrogen-bond donors (Lipinski definition) is 2. The van der Waals surface area contributed by atoms with Crippen molar-refractivity contribution in [2.24, 2.45) is 23.2 Å². The molecule has 0 saturated carbocycles. The lowest BCUT2D eigenvalue weighted by Crippen LogP contribution is -2.40. The fraction of sp³-hybridized carbons (Fsp3) is 0.739. The zero-order valence-corrected chi connectivity index (χ0v) is 18.2. The van der Waals surface area contributed by atoms with Gasteiger partial charge >= 0.3 is 0 Å².